The molecule has 0 aliphatic heterocycles. The van der Waals surface area contributed by atoms with Gasteiger partial charge in [0.05, 0.1) is 23.7 Å². The number of para-hydroxylation sites is 1. The van der Waals surface area contributed by atoms with E-state index in [0.29, 0.717) is 6.42 Å². The van der Waals surface area contributed by atoms with E-state index in [0.717, 1.165) is 22.2 Å². The van der Waals surface area contributed by atoms with Gasteiger partial charge in [-0.15, -0.1) is 0 Å². The molecule has 1 aromatic heterocycles. The standard InChI is InChI=1S/C20H19N3O2/c24-13-20(19(25)22-17-4-2-1-3-5-17)11-16(20)8-6-14-7-9-18-15(10-14)12-21-23-18/h1-10,12,16,24H,11,13H2,(H,21,23)(H,22,25). The fraction of sp³-hybridized carbons (Fsp3) is 0.200. The number of aliphatic hydroxyl groups excluding tert-OH is 1. The lowest BCUT2D eigenvalue weighted by molar-refractivity contribution is -0.122. The molecule has 1 fully saturated rings. The van der Waals surface area contributed by atoms with Crippen LogP contribution in [0.3, 0.4) is 0 Å². The molecule has 1 heterocycles. The van der Waals surface area contributed by atoms with Crippen molar-refractivity contribution in [3.63, 3.8) is 0 Å². The lowest BCUT2D eigenvalue weighted by Crippen LogP contribution is -2.29. The van der Waals surface area contributed by atoms with Crippen LogP contribution in [-0.2, 0) is 4.79 Å². The molecule has 4 rings (SSSR count). The molecule has 3 N–H and O–H groups in total. The van der Waals surface area contributed by atoms with Gasteiger partial charge in [-0.3, -0.25) is 9.89 Å². The molecule has 2 unspecified atom stereocenters. The van der Waals surface area contributed by atoms with Gasteiger partial charge in [-0.1, -0.05) is 36.4 Å². The summed E-state index contributed by atoms with van der Waals surface area (Å²) < 4.78 is 0. The second kappa shape index (κ2) is 6.18. The number of hydrogen-bond donors (Lipinski definition) is 3. The number of amides is 1. The van der Waals surface area contributed by atoms with Gasteiger partial charge in [0.15, 0.2) is 0 Å². The topological polar surface area (TPSA) is 78.0 Å². The molecule has 5 nitrogen and oxygen atoms in total. The highest BCUT2D eigenvalue weighted by atomic mass is 16.3. The van der Waals surface area contributed by atoms with Crippen molar-refractivity contribution in [3.8, 4) is 0 Å². The van der Waals surface area contributed by atoms with Crippen LogP contribution in [0.5, 0.6) is 0 Å². The van der Waals surface area contributed by atoms with Crippen molar-refractivity contribution in [1.29, 1.82) is 0 Å². The van der Waals surface area contributed by atoms with Gasteiger partial charge in [-0.2, -0.15) is 5.10 Å². The minimum atomic E-state index is -0.716. The summed E-state index contributed by atoms with van der Waals surface area (Å²) in [5.74, 6) is -0.0811. The number of nitrogens with zero attached hydrogens (tertiary/aromatic N) is 1. The van der Waals surface area contributed by atoms with Crippen molar-refractivity contribution in [1.82, 2.24) is 10.2 Å². The monoisotopic (exact) mass is 333 g/mol. The number of aromatic amines is 1. The Morgan fingerprint density at radius 2 is 2.16 bits per heavy atom. The second-order valence-electron chi connectivity index (χ2n) is 6.52. The summed E-state index contributed by atoms with van der Waals surface area (Å²) in [5.41, 5.74) is 2.08. The van der Waals surface area contributed by atoms with E-state index >= 15 is 0 Å². The smallest absolute Gasteiger partial charge is 0.233 e. The molecule has 0 spiro atoms. The second-order valence-corrected chi connectivity index (χ2v) is 6.52. The largest absolute Gasteiger partial charge is 0.395 e. The Labute approximate surface area is 145 Å². The third-order valence-corrected chi connectivity index (χ3v) is 4.89. The average molecular weight is 333 g/mol. The van der Waals surface area contributed by atoms with Crippen molar-refractivity contribution < 1.29 is 9.90 Å². The highest BCUT2D eigenvalue weighted by molar-refractivity contribution is 5.98. The number of benzene rings is 2. The number of carbonyl (C=O) groups excluding carboxylic acids is 1. The van der Waals surface area contributed by atoms with Crippen molar-refractivity contribution in [2.24, 2.45) is 11.3 Å². The fourth-order valence-corrected chi connectivity index (χ4v) is 3.17. The number of allylic oxidation sites excluding steroid dienone is 1. The zero-order valence-corrected chi connectivity index (χ0v) is 13.6. The van der Waals surface area contributed by atoms with Crippen LogP contribution in [0.15, 0.2) is 60.8 Å². The number of carbonyl (C=O) groups is 1. The first-order chi connectivity index (χ1) is 12.2. The fourth-order valence-electron chi connectivity index (χ4n) is 3.17. The molecule has 0 radical (unpaired) electrons. The molecule has 126 valence electrons. The van der Waals surface area contributed by atoms with Crippen molar-refractivity contribution in [2.75, 3.05) is 11.9 Å². The summed E-state index contributed by atoms with van der Waals surface area (Å²) in [6, 6.07) is 15.4. The predicted octanol–water partition coefficient (Wildman–Crippen LogP) is 3.21. The van der Waals surface area contributed by atoms with Gasteiger partial charge in [0.1, 0.15) is 0 Å². The Bertz CT molecular complexity index is 932. The van der Waals surface area contributed by atoms with Crippen LogP contribution in [0.1, 0.15) is 12.0 Å². The summed E-state index contributed by atoms with van der Waals surface area (Å²) in [4.78, 5) is 12.6. The molecule has 3 aromatic rings. The summed E-state index contributed by atoms with van der Waals surface area (Å²) in [6.07, 6.45) is 6.47. The van der Waals surface area contributed by atoms with Gasteiger partial charge in [0.2, 0.25) is 5.91 Å². The molecule has 2 atom stereocenters. The number of anilines is 1. The number of rotatable bonds is 5. The Balaban J connectivity index is 1.47. The van der Waals surface area contributed by atoms with E-state index in [2.05, 4.69) is 15.5 Å². The molecular formula is C20H19N3O2. The maximum absolute atomic E-state index is 12.6. The number of fused-ring (bicyclic) bond motifs is 1. The molecule has 0 saturated heterocycles. The highest BCUT2D eigenvalue weighted by Gasteiger charge is 2.58. The molecule has 2 aromatic carbocycles. The number of aromatic nitrogens is 2. The van der Waals surface area contributed by atoms with Crippen molar-refractivity contribution in [3.05, 3.63) is 66.4 Å². The number of H-pyrrole nitrogens is 1. The first kappa shape index (κ1) is 15.6. The van der Waals surface area contributed by atoms with Crippen LogP contribution in [0.25, 0.3) is 17.0 Å². The van der Waals surface area contributed by atoms with Crippen LogP contribution in [-0.4, -0.2) is 27.8 Å². The molecule has 0 bridgehead atoms. The number of nitrogens with one attached hydrogen (secondary N) is 2. The van der Waals surface area contributed by atoms with E-state index in [9.17, 15) is 9.90 Å². The maximum Gasteiger partial charge on any atom is 0.233 e. The molecule has 1 saturated carbocycles. The van der Waals surface area contributed by atoms with Gasteiger partial charge in [-0.05, 0) is 42.2 Å². The third kappa shape index (κ3) is 2.94. The van der Waals surface area contributed by atoms with Gasteiger partial charge in [-0.25, -0.2) is 0 Å². The zero-order chi connectivity index (χ0) is 17.3. The minimum Gasteiger partial charge on any atom is -0.395 e. The van der Waals surface area contributed by atoms with Crippen LogP contribution >= 0.6 is 0 Å². The summed E-state index contributed by atoms with van der Waals surface area (Å²) in [6.45, 7) is -0.151. The number of hydrogen-bond acceptors (Lipinski definition) is 3. The summed E-state index contributed by atoms with van der Waals surface area (Å²) >= 11 is 0. The quantitative estimate of drug-likeness (QED) is 0.671. The molecule has 5 heteroatoms. The lowest BCUT2D eigenvalue weighted by atomic mass is 10.0. The Morgan fingerprint density at radius 3 is 2.96 bits per heavy atom. The van der Waals surface area contributed by atoms with Crippen molar-refractivity contribution in [2.45, 2.75) is 6.42 Å². The van der Waals surface area contributed by atoms with E-state index < -0.39 is 5.41 Å². The van der Waals surface area contributed by atoms with Crippen LogP contribution in [0.2, 0.25) is 0 Å². The Kier molecular flexibility index (Phi) is 3.86. The molecule has 25 heavy (non-hydrogen) atoms. The van der Waals surface area contributed by atoms with Gasteiger partial charge in [0, 0.05) is 11.1 Å². The summed E-state index contributed by atoms with van der Waals surface area (Å²) in [7, 11) is 0. The van der Waals surface area contributed by atoms with Gasteiger partial charge < -0.3 is 10.4 Å². The maximum atomic E-state index is 12.6. The van der Waals surface area contributed by atoms with E-state index in [1.807, 2.05) is 60.7 Å². The summed E-state index contributed by atoms with van der Waals surface area (Å²) in [5, 5.41) is 20.7. The first-order valence-corrected chi connectivity index (χ1v) is 8.30. The van der Waals surface area contributed by atoms with Gasteiger partial charge >= 0.3 is 0 Å². The normalized spacial score (nSPS) is 22.4. The van der Waals surface area contributed by atoms with E-state index in [1.165, 1.54) is 0 Å². The Hall–Kier alpha value is -2.92. The molecule has 1 aliphatic carbocycles. The lowest BCUT2D eigenvalue weighted by Gasteiger charge is -2.13. The van der Waals surface area contributed by atoms with Crippen molar-refractivity contribution >= 4 is 28.6 Å². The van der Waals surface area contributed by atoms with E-state index in [-0.39, 0.29) is 18.4 Å². The van der Waals surface area contributed by atoms with Crippen LogP contribution in [0, 0.1) is 11.3 Å². The molecular weight excluding hydrogens is 314 g/mol. The van der Waals surface area contributed by atoms with Crippen LogP contribution < -0.4 is 5.32 Å². The average Bonchev–Trinajstić information content (AvgIpc) is 3.18. The predicted molar refractivity (Wildman–Crippen MR) is 97.8 cm³/mol. The van der Waals surface area contributed by atoms with Crippen LogP contribution in [0.4, 0.5) is 5.69 Å². The minimum absolute atomic E-state index is 0.0428. The first-order valence-electron chi connectivity index (χ1n) is 8.30. The molecule has 1 amide bonds. The zero-order valence-electron chi connectivity index (χ0n) is 13.6. The molecule has 1 aliphatic rings. The Morgan fingerprint density at radius 1 is 1.32 bits per heavy atom. The van der Waals surface area contributed by atoms with Gasteiger partial charge in [0.25, 0.3) is 0 Å². The van der Waals surface area contributed by atoms with E-state index in [4.69, 9.17) is 0 Å². The number of aliphatic hydroxyl groups is 1. The third-order valence-electron chi connectivity index (χ3n) is 4.89. The highest BCUT2D eigenvalue weighted by Crippen LogP contribution is 2.54. The van der Waals surface area contributed by atoms with E-state index in [1.54, 1.807) is 6.20 Å². The SMILES string of the molecule is O=C(Nc1ccccc1)C1(CO)CC1C=Cc1ccc2[nH]ncc2c1.